The Morgan fingerprint density at radius 2 is 1.71 bits per heavy atom. The van der Waals surface area contributed by atoms with Crippen molar-refractivity contribution in [1.82, 2.24) is 10.6 Å². The average molecular weight is 334 g/mol. The van der Waals surface area contributed by atoms with Gasteiger partial charge in [0.25, 0.3) is 5.91 Å². The number of rotatable bonds is 5. The molecule has 0 aromatic heterocycles. The maximum atomic E-state index is 11.9. The Labute approximate surface area is 143 Å². The predicted octanol–water partition coefficient (Wildman–Crippen LogP) is 2.77. The molecule has 0 heterocycles. The summed E-state index contributed by atoms with van der Waals surface area (Å²) < 4.78 is 4.92. The Balaban J connectivity index is 2.48. The van der Waals surface area contributed by atoms with Crippen molar-refractivity contribution in [3.8, 4) is 0 Å². The van der Waals surface area contributed by atoms with Crippen LogP contribution in [-0.4, -0.2) is 30.6 Å². The van der Waals surface area contributed by atoms with Gasteiger partial charge in [0.05, 0.1) is 5.56 Å². The standard InChI is InChI=1S/C18H26N2O4/c1-6-12(2)19-17(23)20-15(21)11-24-16(22)13-7-9-14(10-8-13)18(3,4)5/h7-10,12H,6,11H2,1-5H3,(H2,19,20,21,23)/t12-/m1/s1. The number of carbonyl (C=O) groups is 3. The summed E-state index contributed by atoms with van der Waals surface area (Å²) in [5, 5.41) is 4.70. The van der Waals surface area contributed by atoms with Crippen LogP contribution in [0.2, 0.25) is 0 Å². The number of ether oxygens (including phenoxy) is 1. The summed E-state index contributed by atoms with van der Waals surface area (Å²) in [4.78, 5) is 35.0. The first-order chi connectivity index (χ1) is 11.1. The summed E-state index contributed by atoms with van der Waals surface area (Å²) in [6.07, 6.45) is 0.751. The van der Waals surface area contributed by atoms with Crippen LogP contribution in [0.15, 0.2) is 24.3 Å². The smallest absolute Gasteiger partial charge is 0.338 e. The average Bonchev–Trinajstić information content (AvgIpc) is 2.51. The molecule has 1 aromatic carbocycles. The second-order valence-corrected chi connectivity index (χ2v) is 6.73. The van der Waals surface area contributed by atoms with Crippen molar-refractivity contribution in [2.45, 2.75) is 52.5 Å². The molecule has 0 fully saturated rings. The summed E-state index contributed by atoms with van der Waals surface area (Å²) in [5.74, 6) is -1.27. The molecule has 0 aliphatic carbocycles. The van der Waals surface area contributed by atoms with Crippen molar-refractivity contribution in [3.05, 3.63) is 35.4 Å². The highest BCUT2D eigenvalue weighted by Crippen LogP contribution is 2.22. The summed E-state index contributed by atoms with van der Waals surface area (Å²) in [5.41, 5.74) is 1.45. The molecule has 6 nitrogen and oxygen atoms in total. The third-order valence-corrected chi connectivity index (χ3v) is 3.56. The molecule has 0 spiro atoms. The number of amides is 3. The highest BCUT2D eigenvalue weighted by Gasteiger charge is 2.16. The van der Waals surface area contributed by atoms with E-state index in [1.807, 2.05) is 26.0 Å². The quantitative estimate of drug-likeness (QED) is 0.811. The van der Waals surface area contributed by atoms with Crippen molar-refractivity contribution in [1.29, 1.82) is 0 Å². The highest BCUT2D eigenvalue weighted by atomic mass is 16.5. The molecule has 24 heavy (non-hydrogen) atoms. The van der Waals surface area contributed by atoms with Crippen LogP contribution in [0, 0.1) is 0 Å². The second kappa shape index (κ2) is 8.47. The summed E-state index contributed by atoms with van der Waals surface area (Å²) in [6.45, 7) is 9.47. The van der Waals surface area contributed by atoms with Gasteiger partial charge in [-0.15, -0.1) is 0 Å². The van der Waals surface area contributed by atoms with Gasteiger partial charge in [0.2, 0.25) is 0 Å². The van der Waals surface area contributed by atoms with E-state index in [1.54, 1.807) is 12.1 Å². The fraction of sp³-hybridized carbons (Fsp3) is 0.500. The predicted molar refractivity (Wildman–Crippen MR) is 91.9 cm³/mol. The molecular weight excluding hydrogens is 308 g/mol. The molecule has 132 valence electrons. The first kappa shape index (κ1) is 19.7. The molecule has 1 aromatic rings. The van der Waals surface area contributed by atoms with Crippen molar-refractivity contribution < 1.29 is 19.1 Å². The van der Waals surface area contributed by atoms with E-state index in [2.05, 4.69) is 31.4 Å². The monoisotopic (exact) mass is 334 g/mol. The molecule has 0 aliphatic rings. The molecule has 0 saturated carbocycles. The fourth-order valence-corrected chi connectivity index (χ4v) is 1.85. The molecule has 0 bridgehead atoms. The number of carbonyl (C=O) groups excluding carboxylic acids is 3. The molecule has 2 N–H and O–H groups in total. The van der Waals surface area contributed by atoms with Gasteiger partial charge in [0.15, 0.2) is 6.61 Å². The lowest BCUT2D eigenvalue weighted by Crippen LogP contribution is -2.44. The lowest BCUT2D eigenvalue weighted by atomic mass is 9.87. The molecule has 0 aliphatic heterocycles. The topological polar surface area (TPSA) is 84.5 Å². The van der Waals surface area contributed by atoms with Crippen LogP contribution in [0.25, 0.3) is 0 Å². The second-order valence-electron chi connectivity index (χ2n) is 6.73. The number of hydrogen-bond donors (Lipinski definition) is 2. The van der Waals surface area contributed by atoms with E-state index in [0.29, 0.717) is 5.56 Å². The third kappa shape index (κ3) is 6.40. The van der Waals surface area contributed by atoms with Crippen molar-refractivity contribution >= 4 is 17.9 Å². The van der Waals surface area contributed by atoms with Gasteiger partial charge in [-0.25, -0.2) is 9.59 Å². The Hall–Kier alpha value is -2.37. The van der Waals surface area contributed by atoms with Gasteiger partial charge in [-0.1, -0.05) is 39.8 Å². The van der Waals surface area contributed by atoms with Gasteiger partial charge >= 0.3 is 12.0 Å². The zero-order valence-electron chi connectivity index (χ0n) is 14.9. The first-order valence-electron chi connectivity index (χ1n) is 8.01. The lowest BCUT2D eigenvalue weighted by molar-refractivity contribution is -0.123. The van der Waals surface area contributed by atoms with Gasteiger partial charge in [-0.2, -0.15) is 0 Å². The Kier molecular flexibility index (Phi) is 6.95. The Bertz CT molecular complexity index is 588. The number of hydrogen-bond acceptors (Lipinski definition) is 4. The van der Waals surface area contributed by atoms with Gasteiger partial charge in [0, 0.05) is 6.04 Å². The Morgan fingerprint density at radius 3 is 2.21 bits per heavy atom. The van der Waals surface area contributed by atoms with E-state index in [4.69, 9.17) is 4.74 Å². The van der Waals surface area contributed by atoms with Gasteiger partial charge in [-0.3, -0.25) is 10.1 Å². The minimum Gasteiger partial charge on any atom is -0.452 e. The number of benzene rings is 1. The molecule has 0 saturated heterocycles. The summed E-state index contributed by atoms with van der Waals surface area (Å²) >= 11 is 0. The molecule has 0 unspecified atom stereocenters. The van der Waals surface area contributed by atoms with Crippen molar-refractivity contribution in [3.63, 3.8) is 0 Å². The van der Waals surface area contributed by atoms with E-state index in [9.17, 15) is 14.4 Å². The summed E-state index contributed by atoms with van der Waals surface area (Å²) in [6, 6.07) is 6.40. The van der Waals surface area contributed by atoms with E-state index in [-0.39, 0.29) is 11.5 Å². The van der Waals surface area contributed by atoms with Crippen LogP contribution >= 0.6 is 0 Å². The highest BCUT2D eigenvalue weighted by molar-refractivity contribution is 5.97. The van der Waals surface area contributed by atoms with Crippen LogP contribution in [0.4, 0.5) is 4.79 Å². The van der Waals surface area contributed by atoms with Crippen LogP contribution < -0.4 is 10.6 Å². The van der Waals surface area contributed by atoms with E-state index < -0.39 is 24.5 Å². The van der Waals surface area contributed by atoms with Crippen LogP contribution in [-0.2, 0) is 14.9 Å². The largest absolute Gasteiger partial charge is 0.452 e. The molecule has 1 atom stereocenters. The first-order valence-corrected chi connectivity index (χ1v) is 8.01. The van der Waals surface area contributed by atoms with E-state index in [0.717, 1.165) is 12.0 Å². The van der Waals surface area contributed by atoms with E-state index in [1.165, 1.54) is 0 Å². The lowest BCUT2D eigenvalue weighted by Gasteiger charge is -2.18. The fourth-order valence-electron chi connectivity index (χ4n) is 1.85. The number of esters is 1. The zero-order chi connectivity index (χ0) is 18.3. The SMILES string of the molecule is CC[C@@H](C)NC(=O)NC(=O)COC(=O)c1ccc(C(C)(C)C)cc1. The number of imide groups is 1. The number of urea groups is 1. The molecule has 0 radical (unpaired) electrons. The molecule has 1 rings (SSSR count). The zero-order valence-corrected chi connectivity index (χ0v) is 14.9. The third-order valence-electron chi connectivity index (χ3n) is 3.56. The maximum absolute atomic E-state index is 11.9. The molecular formula is C18H26N2O4. The maximum Gasteiger partial charge on any atom is 0.338 e. The molecule has 6 heteroatoms. The van der Waals surface area contributed by atoms with Gasteiger partial charge in [-0.05, 0) is 36.5 Å². The normalized spacial score (nSPS) is 12.2. The van der Waals surface area contributed by atoms with Crippen LogP contribution in [0.3, 0.4) is 0 Å². The van der Waals surface area contributed by atoms with Crippen LogP contribution in [0.5, 0.6) is 0 Å². The van der Waals surface area contributed by atoms with Crippen molar-refractivity contribution in [2.75, 3.05) is 6.61 Å². The Morgan fingerprint density at radius 1 is 1.12 bits per heavy atom. The van der Waals surface area contributed by atoms with E-state index >= 15 is 0 Å². The minimum absolute atomic E-state index is 0.00862. The van der Waals surface area contributed by atoms with Gasteiger partial charge < -0.3 is 10.1 Å². The summed E-state index contributed by atoms with van der Waals surface area (Å²) in [7, 11) is 0. The van der Waals surface area contributed by atoms with Crippen LogP contribution in [0.1, 0.15) is 57.0 Å². The van der Waals surface area contributed by atoms with Crippen molar-refractivity contribution in [2.24, 2.45) is 0 Å². The molecule has 3 amide bonds. The van der Waals surface area contributed by atoms with Gasteiger partial charge in [0.1, 0.15) is 0 Å². The number of nitrogens with one attached hydrogen (secondary N) is 2. The minimum atomic E-state index is -0.671.